The molecule has 0 spiro atoms. The number of aromatic amines is 1. The molecule has 0 saturated carbocycles. The van der Waals surface area contributed by atoms with Crippen LogP contribution in [0.4, 0.5) is 5.82 Å². The smallest absolute Gasteiger partial charge is 0.156 e. The third kappa shape index (κ3) is 3.51. The normalized spacial score (nSPS) is 17.1. The number of aliphatic hydroxyl groups excluding tert-OH is 1. The fourth-order valence-corrected chi connectivity index (χ4v) is 3.79. The van der Waals surface area contributed by atoms with E-state index in [2.05, 4.69) is 44.1 Å². The Bertz CT molecular complexity index is 809. The number of aromatic nitrogens is 3. The second kappa shape index (κ2) is 7.23. The van der Waals surface area contributed by atoms with E-state index in [1.807, 2.05) is 18.3 Å². The molecular weight excluding hydrogens is 312 g/mol. The van der Waals surface area contributed by atoms with Crippen molar-refractivity contribution in [3.8, 4) is 0 Å². The summed E-state index contributed by atoms with van der Waals surface area (Å²) in [6, 6.07) is 12.4. The quantitative estimate of drug-likeness (QED) is 0.751. The van der Waals surface area contributed by atoms with Gasteiger partial charge in [-0.2, -0.15) is 0 Å². The Labute approximate surface area is 147 Å². The Morgan fingerprint density at radius 1 is 1.12 bits per heavy atom. The van der Waals surface area contributed by atoms with Gasteiger partial charge in [0.25, 0.3) is 0 Å². The molecule has 0 radical (unpaired) electrons. The van der Waals surface area contributed by atoms with Gasteiger partial charge in [0.05, 0.1) is 11.6 Å². The Kier molecular flexibility index (Phi) is 4.65. The summed E-state index contributed by atoms with van der Waals surface area (Å²) < 4.78 is 0. The minimum Gasteiger partial charge on any atom is -0.393 e. The highest BCUT2D eigenvalue weighted by molar-refractivity contribution is 5.85. The molecule has 1 aromatic carbocycles. The summed E-state index contributed by atoms with van der Waals surface area (Å²) in [5.74, 6) is 1.35. The SMILES string of the molecule is OC(CCc1ccccc1)C1CCN(c2ncnc3cc[nH]c23)CC1. The van der Waals surface area contributed by atoms with Crippen molar-refractivity contribution in [1.29, 1.82) is 0 Å². The van der Waals surface area contributed by atoms with Crippen molar-refractivity contribution < 1.29 is 5.11 Å². The highest BCUT2D eigenvalue weighted by Gasteiger charge is 2.26. The van der Waals surface area contributed by atoms with Gasteiger partial charge in [-0.25, -0.2) is 9.97 Å². The first-order valence-corrected chi connectivity index (χ1v) is 9.06. The zero-order valence-electron chi connectivity index (χ0n) is 14.3. The molecule has 5 heteroatoms. The number of H-pyrrole nitrogens is 1. The zero-order valence-corrected chi connectivity index (χ0v) is 14.3. The minimum atomic E-state index is -0.224. The van der Waals surface area contributed by atoms with Gasteiger partial charge in [-0.05, 0) is 43.2 Å². The topological polar surface area (TPSA) is 65.0 Å². The Hall–Kier alpha value is -2.40. The first-order chi connectivity index (χ1) is 12.3. The number of hydrogen-bond donors (Lipinski definition) is 2. The van der Waals surface area contributed by atoms with E-state index in [9.17, 15) is 5.11 Å². The van der Waals surface area contributed by atoms with Crippen LogP contribution in [0.25, 0.3) is 11.0 Å². The van der Waals surface area contributed by atoms with Crippen molar-refractivity contribution in [2.24, 2.45) is 5.92 Å². The molecule has 3 aromatic rings. The number of rotatable bonds is 5. The Morgan fingerprint density at radius 3 is 2.72 bits per heavy atom. The summed E-state index contributed by atoms with van der Waals surface area (Å²) in [6.45, 7) is 1.86. The highest BCUT2D eigenvalue weighted by Crippen LogP contribution is 2.28. The summed E-state index contributed by atoms with van der Waals surface area (Å²) in [6.07, 6.45) is 7.10. The number of nitrogens with one attached hydrogen (secondary N) is 1. The predicted molar refractivity (Wildman–Crippen MR) is 99.6 cm³/mol. The van der Waals surface area contributed by atoms with Crippen molar-refractivity contribution in [2.75, 3.05) is 18.0 Å². The fraction of sp³-hybridized carbons (Fsp3) is 0.400. The monoisotopic (exact) mass is 336 g/mol. The van der Waals surface area contributed by atoms with Gasteiger partial charge < -0.3 is 15.0 Å². The van der Waals surface area contributed by atoms with E-state index >= 15 is 0 Å². The molecule has 1 aliphatic heterocycles. The van der Waals surface area contributed by atoms with Crippen LogP contribution < -0.4 is 4.90 Å². The number of hydrogen-bond acceptors (Lipinski definition) is 4. The van der Waals surface area contributed by atoms with Crippen LogP contribution in [0.3, 0.4) is 0 Å². The summed E-state index contributed by atoms with van der Waals surface area (Å²) in [7, 11) is 0. The molecule has 2 N–H and O–H groups in total. The van der Waals surface area contributed by atoms with Crippen LogP contribution in [0.2, 0.25) is 0 Å². The van der Waals surface area contributed by atoms with Gasteiger partial charge in [0.15, 0.2) is 5.82 Å². The number of aryl methyl sites for hydroxylation is 1. The molecule has 2 aromatic heterocycles. The van der Waals surface area contributed by atoms with Crippen LogP contribution >= 0.6 is 0 Å². The van der Waals surface area contributed by atoms with E-state index in [1.165, 1.54) is 5.56 Å². The van der Waals surface area contributed by atoms with Crippen LogP contribution in [-0.4, -0.2) is 39.3 Å². The van der Waals surface area contributed by atoms with Gasteiger partial charge in [-0.15, -0.1) is 0 Å². The molecule has 1 atom stereocenters. The highest BCUT2D eigenvalue weighted by atomic mass is 16.3. The molecule has 25 heavy (non-hydrogen) atoms. The van der Waals surface area contributed by atoms with E-state index in [-0.39, 0.29) is 6.10 Å². The van der Waals surface area contributed by atoms with E-state index in [1.54, 1.807) is 6.33 Å². The van der Waals surface area contributed by atoms with Crippen LogP contribution in [0.15, 0.2) is 48.9 Å². The van der Waals surface area contributed by atoms with Gasteiger partial charge in [0.1, 0.15) is 11.8 Å². The van der Waals surface area contributed by atoms with Gasteiger partial charge in [-0.3, -0.25) is 0 Å². The molecule has 1 fully saturated rings. The second-order valence-corrected chi connectivity index (χ2v) is 6.85. The van der Waals surface area contributed by atoms with Crippen molar-refractivity contribution in [1.82, 2.24) is 15.0 Å². The maximum atomic E-state index is 10.6. The lowest BCUT2D eigenvalue weighted by atomic mass is 9.88. The van der Waals surface area contributed by atoms with Gasteiger partial charge in [0, 0.05) is 19.3 Å². The Balaban J connectivity index is 1.34. The van der Waals surface area contributed by atoms with Crippen molar-refractivity contribution >= 4 is 16.9 Å². The lowest BCUT2D eigenvalue weighted by Crippen LogP contribution is -2.38. The predicted octanol–water partition coefficient (Wildman–Crippen LogP) is 3.17. The van der Waals surface area contributed by atoms with Gasteiger partial charge in [0.2, 0.25) is 0 Å². The molecule has 130 valence electrons. The number of nitrogens with zero attached hydrogens (tertiary/aromatic N) is 3. The largest absolute Gasteiger partial charge is 0.393 e. The van der Waals surface area contributed by atoms with Crippen LogP contribution in [0, 0.1) is 5.92 Å². The van der Waals surface area contributed by atoms with Gasteiger partial charge >= 0.3 is 0 Å². The molecular formula is C20H24N4O. The summed E-state index contributed by atoms with van der Waals surface area (Å²) in [5.41, 5.74) is 3.26. The first kappa shape index (κ1) is 16.1. The number of fused-ring (bicyclic) bond motifs is 1. The molecule has 4 rings (SSSR count). The molecule has 0 aliphatic carbocycles. The average Bonchev–Trinajstić information content (AvgIpc) is 3.16. The Morgan fingerprint density at radius 2 is 1.92 bits per heavy atom. The molecule has 1 unspecified atom stereocenters. The number of anilines is 1. The fourth-order valence-electron chi connectivity index (χ4n) is 3.79. The van der Waals surface area contributed by atoms with E-state index in [4.69, 9.17) is 0 Å². The van der Waals surface area contributed by atoms with Crippen molar-refractivity contribution in [3.63, 3.8) is 0 Å². The standard InChI is InChI=1S/C20H24N4O/c25-18(7-6-15-4-2-1-3-5-15)16-9-12-24(13-10-16)20-19-17(8-11-21-19)22-14-23-20/h1-5,8,11,14,16,18,21,25H,6-7,9-10,12-13H2. The second-order valence-electron chi connectivity index (χ2n) is 6.85. The molecule has 1 saturated heterocycles. The van der Waals surface area contributed by atoms with Crippen molar-refractivity contribution in [3.05, 3.63) is 54.5 Å². The van der Waals surface area contributed by atoms with Gasteiger partial charge in [-0.1, -0.05) is 30.3 Å². The summed E-state index contributed by atoms with van der Waals surface area (Å²) in [5, 5.41) is 10.6. The van der Waals surface area contributed by atoms with Crippen LogP contribution in [0.1, 0.15) is 24.8 Å². The zero-order chi connectivity index (χ0) is 17.1. The molecule has 0 bridgehead atoms. The molecule has 0 amide bonds. The number of aliphatic hydroxyl groups is 1. The third-order valence-corrected chi connectivity index (χ3v) is 5.28. The van der Waals surface area contributed by atoms with Crippen LogP contribution in [0.5, 0.6) is 0 Å². The lowest BCUT2D eigenvalue weighted by Gasteiger charge is -2.35. The maximum Gasteiger partial charge on any atom is 0.156 e. The minimum absolute atomic E-state index is 0.224. The molecule has 1 aliphatic rings. The van der Waals surface area contributed by atoms with E-state index in [0.29, 0.717) is 5.92 Å². The molecule has 5 nitrogen and oxygen atoms in total. The first-order valence-electron chi connectivity index (χ1n) is 9.06. The van der Waals surface area contributed by atoms with Crippen LogP contribution in [-0.2, 0) is 6.42 Å². The number of piperidine rings is 1. The van der Waals surface area contributed by atoms with E-state index < -0.39 is 0 Å². The lowest BCUT2D eigenvalue weighted by molar-refractivity contribution is 0.0850. The van der Waals surface area contributed by atoms with E-state index in [0.717, 1.165) is 55.6 Å². The summed E-state index contributed by atoms with van der Waals surface area (Å²) in [4.78, 5) is 14.3. The number of benzene rings is 1. The maximum absolute atomic E-state index is 10.6. The summed E-state index contributed by atoms with van der Waals surface area (Å²) >= 11 is 0. The average molecular weight is 336 g/mol. The van der Waals surface area contributed by atoms with Crippen molar-refractivity contribution in [2.45, 2.75) is 31.8 Å². The third-order valence-electron chi connectivity index (χ3n) is 5.28. The molecule has 3 heterocycles.